The third-order valence-electron chi connectivity index (χ3n) is 7.99. The van der Waals surface area contributed by atoms with E-state index in [2.05, 4.69) is 46.4 Å². The number of benzene rings is 7. The van der Waals surface area contributed by atoms with E-state index in [0.29, 0.717) is 5.56 Å². The van der Waals surface area contributed by atoms with E-state index >= 15 is 0 Å². The molecule has 0 atom stereocenters. The summed E-state index contributed by atoms with van der Waals surface area (Å²) in [6.45, 7) is 0. The number of rotatable bonds is 4. The van der Waals surface area contributed by atoms with E-state index in [4.69, 9.17) is 33.3 Å². The van der Waals surface area contributed by atoms with Gasteiger partial charge in [0.1, 0.15) is 11.2 Å². The third kappa shape index (κ3) is 4.50. The second-order valence-electron chi connectivity index (χ2n) is 10.7. The molecule has 2 heterocycles. The Morgan fingerprint density at radius 1 is 0.500 bits per heavy atom. The maximum Gasteiger partial charge on any atom is 0.166 e. The van der Waals surface area contributed by atoms with Gasteiger partial charge < -0.3 is 4.42 Å². The van der Waals surface area contributed by atoms with Gasteiger partial charge in [-0.2, -0.15) is 0 Å². The largest absolute Gasteiger partial charge is 0.456 e. The van der Waals surface area contributed by atoms with E-state index < -0.39 is 30.2 Å². The molecule has 2 aromatic heterocycles. The monoisotopic (exact) mass is 618 g/mol. The van der Waals surface area contributed by atoms with Gasteiger partial charge in [0.25, 0.3) is 0 Å². The van der Waals surface area contributed by atoms with Gasteiger partial charge in [-0.05, 0) is 69.0 Å². The standard InChI is InChI=1S/C41H24ClN3O/c42-34-20-21-36-37(33-12-6-7-13-35(33)46-36)38(34)41-44-39(26-9-2-1-3-10-26)43-40(45-41)32-19-18-30-23-29(16-17-31(30)24-32)28-15-14-25-8-4-5-11-27(25)22-28/h1-24H/i1D,2D,3D,6D,7D,9D,10D,13D,21D. The Labute approximate surface area is 282 Å². The lowest BCUT2D eigenvalue weighted by molar-refractivity contribution is 0.669. The highest BCUT2D eigenvalue weighted by atomic mass is 35.5. The van der Waals surface area contributed by atoms with E-state index in [9.17, 15) is 0 Å². The van der Waals surface area contributed by atoms with Crippen LogP contribution in [0.4, 0.5) is 0 Å². The molecule has 0 unspecified atom stereocenters. The lowest BCUT2D eigenvalue weighted by Gasteiger charge is -2.11. The number of nitrogens with zero attached hydrogens (tertiary/aromatic N) is 3. The molecule has 0 amide bonds. The number of fused-ring (bicyclic) bond motifs is 5. The Morgan fingerprint density at radius 2 is 1.11 bits per heavy atom. The second-order valence-corrected chi connectivity index (χ2v) is 11.2. The van der Waals surface area contributed by atoms with Crippen molar-refractivity contribution < 1.29 is 16.8 Å². The van der Waals surface area contributed by atoms with Crippen LogP contribution in [0.2, 0.25) is 5.02 Å². The van der Waals surface area contributed by atoms with Crippen molar-refractivity contribution in [2.75, 3.05) is 0 Å². The molecular weight excluding hydrogens is 586 g/mol. The second kappa shape index (κ2) is 10.7. The van der Waals surface area contributed by atoms with Crippen LogP contribution in [0.5, 0.6) is 0 Å². The van der Waals surface area contributed by atoms with Crippen molar-refractivity contribution in [3.05, 3.63) is 150 Å². The minimum atomic E-state index is -0.572. The molecular formula is C41H24ClN3O. The number of furan rings is 1. The molecule has 5 heteroatoms. The third-order valence-corrected chi connectivity index (χ3v) is 8.29. The first-order valence-electron chi connectivity index (χ1n) is 18.9. The SMILES string of the molecule is [2H]c1cc2c(oc3c([2H])cc(Cl)c(-c4nc(-c5ccc6cc(-c7ccc8ccccc8c7)ccc6c5)nc(-c5c([2H])c([2H])c([2H])c([2H])c5[2H])n4)c32)c([2H])c1[2H]. The summed E-state index contributed by atoms with van der Waals surface area (Å²) < 4.78 is 81.8. The van der Waals surface area contributed by atoms with Crippen LogP contribution in [-0.4, -0.2) is 15.0 Å². The van der Waals surface area contributed by atoms with Crippen LogP contribution in [0, 0.1) is 0 Å². The zero-order valence-electron chi connectivity index (χ0n) is 32.8. The van der Waals surface area contributed by atoms with Crippen molar-refractivity contribution in [3.8, 4) is 45.3 Å². The van der Waals surface area contributed by atoms with Crippen LogP contribution in [0.25, 0.3) is 88.8 Å². The first kappa shape index (κ1) is 18.8. The van der Waals surface area contributed by atoms with E-state index in [1.807, 2.05) is 42.5 Å². The van der Waals surface area contributed by atoms with Gasteiger partial charge in [0, 0.05) is 27.5 Å². The van der Waals surface area contributed by atoms with Crippen LogP contribution in [0.1, 0.15) is 12.3 Å². The number of halogens is 1. The summed E-state index contributed by atoms with van der Waals surface area (Å²) in [5, 5.41) is 4.59. The highest BCUT2D eigenvalue weighted by molar-refractivity contribution is 6.35. The minimum absolute atomic E-state index is 0.0205. The fourth-order valence-electron chi connectivity index (χ4n) is 5.79. The zero-order valence-corrected chi connectivity index (χ0v) is 24.5. The summed E-state index contributed by atoms with van der Waals surface area (Å²) in [5.41, 5.74) is 2.53. The van der Waals surface area contributed by atoms with E-state index in [0.717, 1.165) is 32.7 Å². The van der Waals surface area contributed by atoms with Crippen LogP contribution in [-0.2, 0) is 0 Å². The fourth-order valence-corrected chi connectivity index (χ4v) is 6.02. The number of hydrogen-bond donors (Lipinski definition) is 0. The highest BCUT2D eigenvalue weighted by Gasteiger charge is 2.20. The van der Waals surface area contributed by atoms with Gasteiger partial charge in [-0.25, -0.2) is 15.0 Å². The zero-order chi connectivity index (χ0) is 38.4. The average molecular weight is 619 g/mol. The molecule has 9 rings (SSSR count). The van der Waals surface area contributed by atoms with Gasteiger partial charge in [0.15, 0.2) is 17.5 Å². The molecule has 9 aromatic rings. The topological polar surface area (TPSA) is 51.8 Å². The Kier molecular flexibility index (Phi) is 4.37. The summed E-state index contributed by atoms with van der Waals surface area (Å²) >= 11 is 6.87. The van der Waals surface area contributed by atoms with E-state index in [-0.39, 0.29) is 79.7 Å². The first-order chi connectivity index (χ1) is 26.4. The molecule has 0 aliphatic heterocycles. The first-order valence-corrected chi connectivity index (χ1v) is 14.8. The van der Waals surface area contributed by atoms with Gasteiger partial charge in [-0.3, -0.25) is 0 Å². The predicted molar refractivity (Wildman–Crippen MR) is 189 cm³/mol. The van der Waals surface area contributed by atoms with Gasteiger partial charge in [-0.1, -0.05) is 121 Å². The Bertz CT molecular complexity index is 3100. The molecule has 0 spiro atoms. The molecule has 0 radical (unpaired) electrons. The Hall–Kier alpha value is -5.84. The summed E-state index contributed by atoms with van der Waals surface area (Å²) in [5.74, 6) is -0.175. The molecule has 4 nitrogen and oxygen atoms in total. The lowest BCUT2D eigenvalue weighted by atomic mass is 9.98. The summed E-state index contributed by atoms with van der Waals surface area (Å²) in [6.07, 6.45) is 0. The summed E-state index contributed by atoms with van der Waals surface area (Å²) in [4.78, 5) is 14.1. The fraction of sp³-hybridized carbons (Fsp3) is 0. The molecule has 216 valence electrons. The lowest BCUT2D eigenvalue weighted by Crippen LogP contribution is -2.01. The van der Waals surface area contributed by atoms with Gasteiger partial charge >= 0.3 is 0 Å². The van der Waals surface area contributed by atoms with Crippen LogP contribution < -0.4 is 0 Å². The van der Waals surface area contributed by atoms with Crippen molar-refractivity contribution in [1.82, 2.24) is 15.0 Å². The molecule has 0 saturated heterocycles. The van der Waals surface area contributed by atoms with Gasteiger partial charge in [0.05, 0.1) is 17.4 Å². The summed E-state index contributed by atoms with van der Waals surface area (Å²) in [6, 6.07) is 25.2. The molecule has 46 heavy (non-hydrogen) atoms. The quantitative estimate of drug-likeness (QED) is 0.197. The molecule has 0 bridgehead atoms. The number of hydrogen-bond acceptors (Lipinski definition) is 4. The summed E-state index contributed by atoms with van der Waals surface area (Å²) in [7, 11) is 0. The maximum atomic E-state index is 8.72. The molecule has 7 aromatic carbocycles. The molecule has 0 saturated carbocycles. The molecule has 0 aliphatic carbocycles. The molecule has 0 fully saturated rings. The Balaban J connectivity index is 1.28. The molecule has 0 N–H and O–H groups in total. The highest BCUT2D eigenvalue weighted by Crippen LogP contribution is 2.40. The van der Waals surface area contributed by atoms with Crippen molar-refractivity contribution in [2.24, 2.45) is 0 Å². The van der Waals surface area contributed by atoms with Crippen molar-refractivity contribution >= 4 is 55.1 Å². The normalized spacial score (nSPS) is 14.3. The average Bonchev–Trinajstić information content (AvgIpc) is 3.57. The molecule has 0 aliphatic rings. The predicted octanol–water partition coefficient (Wildman–Crippen LogP) is 11.4. The Morgan fingerprint density at radius 3 is 1.89 bits per heavy atom. The number of para-hydroxylation sites is 1. The van der Waals surface area contributed by atoms with Gasteiger partial charge in [-0.15, -0.1) is 0 Å². The smallest absolute Gasteiger partial charge is 0.166 e. The van der Waals surface area contributed by atoms with Crippen molar-refractivity contribution in [3.63, 3.8) is 0 Å². The minimum Gasteiger partial charge on any atom is -0.456 e. The van der Waals surface area contributed by atoms with E-state index in [1.165, 1.54) is 12.1 Å². The van der Waals surface area contributed by atoms with Crippen LogP contribution in [0.15, 0.2) is 150 Å². The van der Waals surface area contributed by atoms with Crippen LogP contribution >= 0.6 is 11.6 Å². The van der Waals surface area contributed by atoms with E-state index in [1.54, 1.807) is 0 Å². The van der Waals surface area contributed by atoms with Crippen LogP contribution in [0.3, 0.4) is 0 Å². The van der Waals surface area contributed by atoms with Crippen molar-refractivity contribution in [1.29, 1.82) is 0 Å². The van der Waals surface area contributed by atoms with Crippen molar-refractivity contribution in [2.45, 2.75) is 0 Å². The number of aromatic nitrogens is 3. The van der Waals surface area contributed by atoms with Gasteiger partial charge in [0.2, 0.25) is 0 Å². The maximum absolute atomic E-state index is 8.72.